The number of benzene rings is 1. The maximum Gasteiger partial charge on any atom is 0.301 e. The van der Waals surface area contributed by atoms with Gasteiger partial charge >= 0.3 is 5.69 Å². The molecule has 0 radical (unpaired) electrons. The normalized spacial score (nSPS) is 12.3. The van der Waals surface area contributed by atoms with E-state index in [-0.39, 0.29) is 5.69 Å². The van der Waals surface area contributed by atoms with Gasteiger partial charge in [0, 0.05) is 6.07 Å². The highest BCUT2D eigenvalue weighted by Gasteiger charge is 2.19. The molecule has 0 saturated carbocycles. The molecule has 0 bridgehead atoms. The number of anilines is 1. The first-order valence-corrected chi connectivity index (χ1v) is 6.81. The molecule has 9 heteroatoms. The van der Waals surface area contributed by atoms with Crippen LogP contribution in [-0.4, -0.2) is 22.2 Å². The highest BCUT2D eigenvalue weighted by molar-refractivity contribution is 5.68. The van der Waals surface area contributed by atoms with E-state index in [1.807, 2.05) is 6.92 Å². The van der Waals surface area contributed by atoms with Crippen LogP contribution in [0.2, 0.25) is 0 Å². The molecule has 22 heavy (non-hydrogen) atoms. The van der Waals surface area contributed by atoms with E-state index in [1.54, 1.807) is 0 Å². The van der Waals surface area contributed by atoms with Crippen molar-refractivity contribution in [1.29, 1.82) is 0 Å². The van der Waals surface area contributed by atoms with Gasteiger partial charge in [0.1, 0.15) is 11.9 Å². The molecule has 1 atom stereocenters. The van der Waals surface area contributed by atoms with E-state index in [1.165, 1.54) is 0 Å². The third kappa shape index (κ3) is 5.43. The molecule has 0 amide bonds. The maximum absolute atomic E-state index is 13.4. The number of non-ortho nitro benzene ring substituents is 1. The average molecular weight is 312 g/mol. The molecule has 0 aliphatic rings. The first-order valence-electron chi connectivity index (χ1n) is 6.81. The van der Waals surface area contributed by atoms with E-state index in [0.29, 0.717) is 6.42 Å². The minimum absolute atomic E-state index is 0.0346. The second-order valence-corrected chi connectivity index (χ2v) is 4.62. The molecule has 1 N–H and O–H groups in total. The van der Waals surface area contributed by atoms with Gasteiger partial charge in [-0.15, -0.1) is 0 Å². The zero-order valence-electron chi connectivity index (χ0n) is 12.1. The summed E-state index contributed by atoms with van der Waals surface area (Å²) in [6.07, 6.45) is 2.77. The van der Waals surface area contributed by atoms with Gasteiger partial charge in [-0.05, 0) is 12.5 Å². The van der Waals surface area contributed by atoms with Gasteiger partial charge in [0.15, 0.2) is 0 Å². The summed E-state index contributed by atoms with van der Waals surface area (Å²) >= 11 is 0. The fraction of sp³-hybridized carbons (Fsp3) is 0.462. The molecule has 0 fully saturated rings. The van der Waals surface area contributed by atoms with Crippen LogP contribution < -0.4 is 5.43 Å². The molecule has 1 aromatic carbocycles. The lowest BCUT2D eigenvalue weighted by molar-refractivity contribution is -0.393. The van der Waals surface area contributed by atoms with Crippen LogP contribution in [0.15, 0.2) is 23.3 Å². The van der Waals surface area contributed by atoms with Gasteiger partial charge in [-0.2, -0.15) is 5.10 Å². The number of rotatable bonds is 9. The predicted octanol–water partition coefficient (Wildman–Crippen LogP) is 3.82. The Morgan fingerprint density at radius 1 is 1.32 bits per heavy atom. The molecule has 8 nitrogen and oxygen atoms in total. The Bertz CT molecular complexity index is 565. The summed E-state index contributed by atoms with van der Waals surface area (Å²) in [7, 11) is 0. The summed E-state index contributed by atoms with van der Waals surface area (Å²) in [5.41, 5.74) is 1.42. The van der Waals surface area contributed by atoms with E-state index in [4.69, 9.17) is 0 Å². The topological polar surface area (TPSA) is 111 Å². The number of nitrogens with one attached hydrogen (secondary N) is 1. The Hall–Kier alpha value is -2.58. The van der Waals surface area contributed by atoms with Crippen LogP contribution in [0, 0.1) is 20.2 Å². The van der Waals surface area contributed by atoms with Crippen molar-refractivity contribution in [2.75, 3.05) is 5.43 Å². The highest BCUT2D eigenvalue weighted by atomic mass is 19.1. The monoisotopic (exact) mass is 312 g/mol. The van der Waals surface area contributed by atoms with Crippen LogP contribution in [0.4, 0.5) is 21.5 Å². The Balaban J connectivity index is 2.72. The van der Waals surface area contributed by atoms with Gasteiger partial charge in [0.2, 0.25) is 0 Å². The van der Waals surface area contributed by atoms with Crippen molar-refractivity contribution in [2.45, 2.75) is 38.8 Å². The van der Waals surface area contributed by atoms with Crippen molar-refractivity contribution in [2.24, 2.45) is 5.10 Å². The highest BCUT2D eigenvalue weighted by Crippen LogP contribution is 2.28. The number of nitro groups is 2. The van der Waals surface area contributed by atoms with Crippen molar-refractivity contribution in [3.63, 3.8) is 0 Å². The second kappa shape index (κ2) is 8.65. The zero-order chi connectivity index (χ0) is 16.5. The van der Waals surface area contributed by atoms with Gasteiger partial charge in [-0.1, -0.05) is 26.2 Å². The number of hydrogen-bond acceptors (Lipinski definition) is 6. The molecule has 0 saturated heterocycles. The van der Waals surface area contributed by atoms with E-state index < -0.39 is 27.4 Å². The molecule has 0 aliphatic carbocycles. The molecular formula is C13H17FN4O4. The molecular weight excluding hydrogens is 295 g/mol. The van der Waals surface area contributed by atoms with Gasteiger partial charge in [-0.25, -0.2) is 4.39 Å². The number of nitrogens with zero attached hydrogens (tertiary/aromatic N) is 3. The number of hydrogen-bond donors (Lipinski definition) is 1. The molecule has 0 heterocycles. The lowest BCUT2D eigenvalue weighted by atomic mass is 10.1. The summed E-state index contributed by atoms with van der Waals surface area (Å²) < 4.78 is 13.4. The average Bonchev–Trinajstić information content (AvgIpc) is 2.47. The molecule has 0 aliphatic heterocycles. The lowest BCUT2D eigenvalue weighted by Crippen LogP contribution is -2.04. The van der Waals surface area contributed by atoms with Crippen LogP contribution in [0.1, 0.15) is 32.6 Å². The van der Waals surface area contributed by atoms with Gasteiger partial charge in [0.05, 0.1) is 22.1 Å². The molecule has 0 aromatic heterocycles. The van der Waals surface area contributed by atoms with Crippen molar-refractivity contribution in [3.05, 3.63) is 38.4 Å². The fourth-order valence-electron chi connectivity index (χ4n) is 1.73. The number of hydrazone groups is 1. The zero-order valence-corrected chi connectivity index (χ0v) is 12.1. The summed E-state index contributed by atoms with van der Waals surface area (Å²) in [6.45, 7) is 2.01. The molecule has 0 spiro atoms. The predicted molar refractivity (Wildman–Crippen MR) is 80.9 cm³/mol. The summed E-state index contributed by atoms with van der Waals surface area (Å²) in [4.78, 5) is 20.0. The summed E-state index contributed by atoms with van der Waals surface area (Å²) in [5, 5.41) is 25.1. The number of nitro benzene ring substituents is 2. The first-order chi connectivity index (χ1) is 10.5. The number of unbranched alkanes of at least 4 members (excludes halogenated alkanes) is 2. The largest absolute Gasteiger partial charge is 0.301 e. The minimum atomic E-state index is -1.24. The van der Waals surface area contributed by atoms with Crippen molar-refractivity contribution in [3.8, 4) is 0 Å². The van der Waals surface area contributed by atoms with Crippen LogP contribution in [0.25, 0.3) is 0 Å². The van der Waals surface area contributed by atoms with E-state index >= 15 is 0 Å². The maximum atomic E-state index is 13.4. The third-order valence-corrected chi connectivity index (χ3v) is 2.89. The van der Waals surface area contributed by atoms with Gasteiger partial charge in [-0.3, -0.25) is 25.7 Å². The Labute approximate surface area is 126 Å². The van der Waals surface area contributed by atoms with Crippen LogP contribution in [0.5, 0.6) is 0 Å². The van der Waals surface area contributed by atoms with Crippen molar-refractivity contribution >= 4 is 23.3 Å². The molecule has 1 rings (SSSR count). The third-order valence-electron chi connectivity index (χ3n) is 2.89. The fourth-order valence-corrected chi connectivity index (χ4v) is 1.73. The van der Waals surface area contributed by atoms with Crippen molar-refractivity contribution in [1.82, 2.24) is 0 Å². The Morgan fingerprint density at radius 3 is 2.64 bits per heavy atom. The van der Waals surface area contributed by atoms with Crippen LogP contribution in [0.3, 0.4) is 0 Å². The summed E-state index contributed by atoms with van der Waals surface area (Å²) in [5.74, 6) is 0. The molecule has 120 valence electrons. The Morgan fingerprint density at radius 2 is 2.05 bits per heavy atom. The lowest BCUT2D eigenvalue weighted by Gasteiger charge is -2.03. The molecule has 1 unspecified atom stereocenters. The van der Waals surface area contributed by atoms with Crippen LogP contribution in [-0.2, 0) is 0 Å². The smallest absolute Gasteiger partial charge is 0.272 e. The minimum Gasteiger partial charge on any atom is -0.272 e. The first kappa shape index (κ1) is 17.5. The summed E-state index contributed by atoms with van der Waals surface area (Å²) in [6, 6.07) is 3.10. The second-order valence-electron chi connectivity index (χ2n) is 4.62. The SMILES string of the molecule is CCCCCC(F)C=NNc1ccc([N+](=O)[O-])cc1[N+](=O)[O-]. The standard InChI is InChI=1S/C13H17FN4O4/c1-2-3-4-5-10(14)9-15-16-12-7-6-11(17(19)20)8-13(12)18(21)22/h6-10,16H,2-5H2,1H3. The quantitative estimate of drug-likeness (QED) is 0.322. The Kier molecular flexibility index (Phi) is 6.87. The van der Waals surface area contributed by atoms with Crippen molar-refractivity contribution < 1.29 is 14.2 Å². The molecule has 1 aromatic rings. The van der Waals surface area contributed by atoms with Crippen LogP contribution >= 0.6 is 0 Å². The van der Waals surface area contributed by atoms with E-state index in [2.05, 4.69) is 10.5 Å². The van der Waals surface area contributed by atoms with Gasteiger partial charge < -0.3 is 0 Å². The number of halogens is 1. The number of alkyl halides is 1. The van der Waals surface area contributed by atoms with E-state index in [0.717, 1.165) is 43.7 Å². The van der Waals surface area contributed by atoms with Gasteiger partial charge in [0.25, 0.3) is 5.69 Å². The van der Waals surface area contributed by atoms with E-state index in [9.17, 15) is 24.6 Å².